The Hall–Kier alpha value is -1.34. The van der Waals surface area contributed by atoms with Crippen molar-refractivity contribution in [3.8, 4) is 0 Å². The van der Waals surface area contributed by atoms with Crippen LogP contribution in [0.1, 0.15) is 9.80 Å². The number of thiazole rings is 1. The van der Waals surface area contributed by atoms with Crippen LogP contribution in [0.4, 0.5) is 10.2 Å². The summed E-state index contributed by atoms with van der Waals surface area (Å²) in [5, 5.41) is 4.43. The van der Waals surface area contributed by atoms with E-state index in [-0.39, 0.29) is 10.8 Å². The quantitative estimate of drug-likeness (QED) is 0.868. The van der Waals surface area contributed by atoms with Crippen molar-refractivity contribution in [2.45, 2.75) is 0 Å². The van der Waals surface area contributed by atoms with Gasteiger partial charge in [-0.25, -0.2) is 9.97 Å². The van der Waals surface area contributed by atoms with Crippen LogP contribution in [0.3, 0.4) is 0 Å². The third kappa shape index (κ3) is 2.61. The van der Waals surface area contributed by atoms with Gasteiger partial charge < -0.3 is 5.32 Å². The van der Waals surface area contributed by atoms with Crippen molar-refractivity contribution in [1.82, 2.24) is 9.97 Å². The van der Waals surface area contributed by atoms with Crippen molar-refractivity contribution in [2.75, 3.05) is 5.32 Å². The smallest absolute Gasteiger partial charge is 0.285 e. The molecule has 2 heterocycles. The van der Waals surface area contributed by atoms with Crippen LogP contribution in [0, 0.1) is 5.95 Å². The summed E-state index contributed by atoms with van der Waals surface area (Å²) in [4.78, 5) is 19.0. The second kappa shape index (κ2) is 4.67. The first-order valence-corrected chi connectivity index (χ1v) is 5.87. The van der Waals surface area contributed by atoms with E-state index < -0.39 is 11.9 Å². The first-order valence-electron chi connectivity index (χ1n) is 4.20. The second-order valence-corrected chi connectivity index (χ2v) is 4.45. The fourth-order valence-electron chi connectivity index (χ4n) is 1.01. The minimum absolute atomic E-state index is 0.163. The highest BCUT2D eigenvalue weighted by Gasteiger charge is 2.11. The highest BCUT2D eigenvalue weighted by molar-refractivity contribution is 9.10. The largest absolute Gasteiger partial charge is 0.304 e. The molecule has 0 aliphatic heterocycles. The number of hydrogen-bond donors (Lipinski definition) is 1. The number of anilines is 1. The number of nitrogens with one attached hydrogen (secondary N) is 1. The molecule has 0 atom stereocenters. The standard InChI is InChI=1S/C9H5BrFN3OS/c10-5-4-16-9(12-5)8(15)14-7-3-1-2-6(11)13-7/h1-4H,(H,13,14,15). The van der Waals surface area contributed by atoms with Crippen LogP contribution < -0.4 is 5.32 Å². The van der Waals surface area contributed by atoms with Crippen molar-refractivity contribution in [1.29, 1.82) is 0 Å². The molecule has 0 aliphatic rings. The number of amides is 1. The van der Waals surface area contributed by atoms with E-state index in [4.69, 9.17) is 0 Å². The van der Waals surface area contributed by atoms with Crippen LogP contribution in [0.2, 0.25) is 0 Å². The molecule has 16 heavy (non-hydrogen) atoms. The van der Waals surface area contributed by atoms with E-state index in [0.717, 1.165) is 0 Å². The number of pyridine rings is 1. The zero-order valence-corrected chi connectivity index (χ0v) is 10.2. The Morgan fingerprint density at radius 1 is 1.44 bits per heavy atom. The van der Waals surface area contributed by atoms with Gasteiger partial charge in [-0.15, -0.1) is 11.3 Å². The van der Waals surface area contributed by atoms with Gasteiger partial charge in [-0.05, 0) is 28.1 Å². The predicted molar refractivity (Wildman–Crippen MR) is 62.0 cm³/mol. The Morgan fingerprint density at radius 3 is 2.88 bits per heavy atom. The van der Waals surface area contributed by atoms with Gasteiger partial charge in [0.25, 0.3) is 5.91 Å². The van der Waals surface area contributed by atoms with Crippen LogP contribution in [0.15, 0.2) is 28.2 Å². The van der Waals surface area contributed by atoms with Gasteiger partial charge in [0.1, 0.15) is 10.4 Å². The van der Waals surface area contributed by atoms with Crippen LogP contribution in [-0.4, -0.2) is 15.9 Å². The van der Waals surface area contributed by atoms with Crippen molar-refractivity contribution < 1.29 is 9.18 Å². The molecular weight excluding hydrogens is 297 g/mol. The monoisotopic (exact) mass is 301 g/mol. The van der Waals surface area contributed by atoms with Crippen molar-refractivity contribution >= 4 is 39.0 Å². The number of halogens is 2. The third-order valence-electron chi connectivity index (χ3n) is 1.63. The van der Waals surface area contributed by atoms with E-state index >= 15 is 0 Å². The topological polar surface area (TPSA) is 54.9 Å². The lowest BCUT2D eigenvalue weighted by molar-refractivity contribution is 0.102. The summed E-state index contributed by atoms with van der Waals surface area (Å²) in [5.41, 5.74) is 0. The van der Waals surface area contributed by atoms with Gasteiger partial charge in [0.05, 0.1) is 0 Å². The van der Waals surface area contributed by atoms with Crippen molar-refractivity contribution in [2.24, 2.45) is 0 Å². The maximum Gasteiger partial charge on any atom is 0.285 e. The van der Waals surface area contributed by atoms with Crippen LogP contribution in [0.25, 0.3) is 0 Å². The Labute approximate surface area is 103 Å². The average molecular weight is 302 g/mol. The molecule has 2 aromatic heterocycles. The predicted octanol–water partition coefficient (Wildman–Crippen LogP) is 2.69. The molecule has 7 heteroatoms. The Kier molecular flexibility index (Phi) is 3.25. The van der Waals surface area contributed by atoms with Gasteiger partial charge in [0.2, 0.25) is 5.95 Å². The molecule has 1 amide bonds. The van der Waals surface area contributed by atoms with Gasteiger partial charge in [-0.3, -0.25) is 4.79 Å². The maximum atomic E-state index is 12.7. The van der Waals surface area contributed by atoms with E-state index in [1.807, 2.05) is 0 Å². The lowest BCUT2D eigenvalue weighted by Crippen LogP contribution is -2.12. The molecule has 0 unspecified atom stereocenters. The van der Waals surface area contributed by atoms with E-state index in [1.54, 1.807) is 5.38 Å². The maximum absolute atomic E-state index is 12.7. The van der Waals surface area contributed by atoms with Crippen molar-refractivity contribution in [3.63, 3.8) is 0 Å². The zero-order chi connectivity index (χ0) is 11.5. The minimum Gasteiger partial charge on any atom is -0.304 e. The fraction of sp³-hybridized carbons (Fsp3) is 0. The molecule has 0 saturated carbocycles. The summed E-state index contributed by atoms with van der Waals surface area (Å²) in [7, 11) is 0. The molecule has 4 nitrogen and oxygen atoms in total. The molecular formula is C9H5BrFN3OS. The van der Waals surface area contributed by atoms with E-state index in [0.29, 0.717) is 4.60 Å². The van der Waals surface area contributed by atoms with Crippen LogP contribution >= 0.6 is 27.3 Å². The number of carbonyl (C=O) groups excluding carboxylic acids is 1. The molecule has 0 radical (unpaired) electrons. The van der Waals surface area contributed by atoms with Crippen LogP contribution in [0.5, 0.6) is 0 Å². The number of aromatic nitrogens is 2. The van der Waals surface area contributed by atoms with Gasteiger partial charge in [0.15, 0.2) is 5.01 Å². The minimum atomic E-state index is -0.641. The highest BCUT2D eigenvalue weighted by Crippen LogP contribution is 2.16. The lowest BCUT2D eigenvalue weighted by Gasteiger charge is -2.00. The Morgan fingerprint density at radius 2 is 2.25 bits per heavy atom. The second-order valence-electron chi connectivity index (χ2n) is 2.78. The van der Waals surface area contributed by atoms with Gasteiger partial charge in [0, 0.05) is 5.38 Å². The van der Waals surface area contributed by atoms with Crippen molar-refractivity contribution in [3.05, 3.63) is 39.1 Å². The molecule has 82 valence electrons. The molecule has 0 saturated heterocycles. The Balaban J connectivity index is 2.13. The summed E-state index contributed by atoms with van der Waals surface area (Å²) in [6.07, 6.45) is 0. The zero-order valence-electron chi connectivity index (χ0n) is 7.78. The molecule has 0 spiro atoms. The molecule has 0 aromatic carbocycles. The number of hydrogen-bond acceptors (Lipinski definition) is 4. The third-order valence-corrected chi connectivity index (χ3v) is 3.18. The molecule has 0 bridgehead atoms. The lowest BCUT2D eigenvalue weighted by atomic mass is 10.4. The SMILES string of the molecule is O=C(Nc1cccc(F)n1)c1nc(Br)cs1. The first-order chi connectivity index (χ1) is 7.65. The molecule has 0 fully saturated rings. The summed E-state index contributed by atoms with van der Waals surface area (Å²) in [5.74, 6) is -0.886. The summed E-state index contributed by atoms with van der Waals surface area (Å²) < 4.78 is 13.3. The van der Waals surface area contributed by atoms with E-state index in [1.165, 1.54) is 29.5 Å². The normalized spacial score (nSPS) is 10.1. The number of carbonyl (C=O) groups is 1. The Bertz CT molecular complexity index is 531. The summed E-state index contributed by atoms with van der Waals surface area (Å²) in [6, 6.07) is 4.18. The van der Waals surface area contributed by atoms with Crippen LogP contribution in [-0.2, 0) is 0 Å². The molecule has 1 N–H and O–H groups in total. The molecule has 2 rings (SSSR count). The number of nitrogens with zero attached hydrogens (tertiary/aromatic N) is 2. The number of rotatable bonds is 2. The summed E-state index contributed by atoms with van der Waals surface area (Å²) >= 11 is 4.33. The van der Waals surface area contributed by atoms with Gasteiger partial charge in [-0.2, -0.15) is 4.39 Å². The highest BCUT2D eigenvalue weighted by atomic mass is 79.9. The van der Waals surface area contributed by atoms with E-state index in [2.05, 4.69) is 31.2 Å². The average Bonchev–Trinajstić information content (AvgIpc) is 2.65. The van der Waals surface area contributed by atoms with E-state index in [9.17, 15) is 9.18 Å². The van der Waals surface area contributed by atoms with Gasteiger partial charge in [-0.1, -0.05) is 6.07 Å². The molecule has 2 aromatic rings. The fourth-order valence-corrected chi connectivity index (χ4v) is 2.15. The summed E-state index contributed by atoms with van der Waals surface area (Å²) in [6.45, 7) is 0. The van der Waals surface area contributed by atoms with Gasteiger partial charge >= 0.3 is 0 Å². The molecule has 0 aliphatic carbocycles. The first kappa shape index (κ1) is 11.2.